The van der Waals surface area contributed by atoms with Gasteiger partial charge in [-0.15, -0.1) is 5.11 Å². The SMILES string of the molecule is Fc1ccc(Nc2nc(N=NCc3cccc(Cl)c3)nc(NCc3ccc(Cl)nc3)n2)cc1C(F)(F)F. The summed E-state index contributed by atoms with van der Waals surface area (Å²) in [7, 11) is 0. The molecule has 0 saturated carbocycles. The number of nitrogens with zero attached hydrogens (tertiary/aromatic N) is 6. The van der Waals surface area contributed by atoms with E-state index in [1.54, 1.807) is 36.5 Å². The maximum absolute atomic E-state index is 13.7. The average molecular weight is 551 g/mol. The van der Waals surface area contributed by atoms with Gasteiger partial charge in [0.05, 0.1) is 12.1 Å². The summed E-state index contributed by atoms with van der Waals surface area (Å²) in [5.41, 5.74) is 0.0382. The Morgan fingerprint density at radius 3 is 2.43 bits per heavy atom. The Bertz CT molecular complexity index is 1420. The molecule has 0 atom stereocenters. The lowest BCUT2D eigenvalue weighted by Gasteiger charge is -2.12. The fourth-order valence-electron chi connectivity index (χ4n) is 3.00. The van der Waals surface area contributed by atoms with E-state index in [4.69, 9.17) is 23.2 Å². The van der Waals surface area contributed by atoms with Crippen molar-refractivity contribution in [1.29, 1.82) is 0 Å². The molecular weight excluding hydrogens is 535 g/mol. The molecule has 2 N–H and O–H groups in total. The molecule has 0 aliphatic carbocycles. The lowest BCUT2D eigenvalue weighted by atomic mass is 10.2. The molecule has 0 aliphatic rings. The van der Waals surface area contributed by atoms with E-state index in [2.05, 4.69) is 40.8 Å². The van der Waals surface area contributed by atoms with Crippen molar-refractivity contribution in [3.8, 4) is 0 Å². The summed E-state index contributed by atoms with van der Waals surface area (Å²) in [6.07, 6.45) is -3.32. The lowest BCUT2D eigenvalue weighted by molar-refractivity contribution is -0.139. The Morgan fingerprint density at radius 1 is 0.892 bits per heavy atom. The van der Waals surface area contributed by atoms with Gasteiger partial charge < -0.3 is 10.6 Å². The van der Waals surface area contributed by atoms with Crippen LogP contribution in [0.2, 0.25) is 10.2 Å². The van der Waals surface area contributed by atoms with E-state index in [9.17, 15) is 17.6 Å². The minimum absolute atomic E-state index is 0.0577. The summed E-state index contributed by atoms with van der Waals surface area (Å²) in [5, 5.41) is 14.5. The number of rotatable bonds is 8. The number of halogens is 6. The Morgan fingerprint density at radius 2 is 1.70 bits per heavy atom. The van der Waals surface area contributed by atoms with E-state index in [1.165, 1.54) is 0 Å². The van der Waals surface area contributed by atoms with Crippen molar-refractivity contribution in [2.45, 2.75) is 19.3 Å². The molecule has 190 valence electrons. The van der Waals surface area contributed by atoms with Crippen LogP contribution in [0.25, 0.3) is 0 Å². The maximum atomic E-state index is 13.7. The van der Waals surface area contributed by atoms with E-state index < -0.39 is 17.6 Å². The number of anilines is 3. The van der Waals surface area contributed by atoms with Crippen LogP contribution in [0.1, 0.15) is 16.7 Å². The summed E-state index contributed by atoms with van der Waals surface area (Å²) in [4.78, 5) is 16.4. The molecule has 37 heavy (non-hydrogen) atoms. The summed E-state index contributed by atoms with van der Waals surface area (Å²) in [5.74, 6) is -1.59. The standard InChI is InChI=1S/C23H16Cl2F4N8/c24-15-3-1-2-13(8-15)12-32-37-22-35-20(31-11-14-4-7-19(25)30-10-14)34-21(36-22)33-16-5-6-18(26)17(9-16)23(27,28)29/h1-10H,11-12H2,(H2,31,33,34,35,36). The second kappa shape index (κ2) is 11.4. The fraction of sp³-hybridized carbons (Fsp3) is 0.130. The van der Waals surface area contributed by atoms with E-state index in [1.807, 2.05) is 6.07 Å². The molecule has 2 heterocycles. The molecule has 2 aromatic heterocycles. The van der Waals surface area contributed by atoms with Gasteiger partial charge in [-0.25, -0.2) is 9.37 Å². The van der Waals surface area contributed by atoms with E-state index in [-0.39, 0.29) is 36.6 Å². The quantitative estimate of drug-likeness (QED) is 0.135. The normalized spacial score (nSPS) is 11.6. The van der Waals surface area contributed by atoms with E-state index in [0.717, 1.165) is 17.2 Å². The van der Waals surface area contributed by atoms with E-state index >= 15 is 0 Å². The molecule has 14 heteroatoms. The predicted octanol–water partition coefficient (Wildman–Crippen LogP) is 7.37. The van der Waals surface area contributed by atoms with Gasteiger partial charge in [-0.3, -0.25) is 0 Å². The highest BCUT2D eigenvalue weighted by Crippen LogP contribution is 2.33. The van der Waals surface area contributed by atoms with Gasteiger partial charge in [0.25, 0.3) is 5.95 Å². The second-order valence-corrected chi connectivity index (χ2v) is 8.30. The Kier molecular flexibility index (Phi) is 8.09. The summed E-state index contributed by atoms with van der Waals surface area (Å²) in [6.45, 7) is 0.433. The van der Waals surface area contributed by atoms with Crippen LogP contribution in [0, 0.1) is 5.82 Å². The zero-order chi connectivity index (χ0) is 26.4. The molecule has 4 aromatic rings. The number of azo groups is 1. The number of aromatic nitrogens is 4. The Labute approximate surface area is 217 Å². The lowest BCUT2D eigenvalue weighted by Crippen LogP contribution is -2.10. The number of hydrogen-bond donors (Lipinski definition) is 2. The van der Waals surface area contributed by atoms with Crippen LogP contribution >= 0.6 is 23.2 Å². The largest absolute Gasteiger partial charge is 0.419 e. The first-order chi connectivity index (χ1) is 17.7. The number of benzene rings is 2. The molecule has 0 bridgehead atoms. The summed E-state index contributed by atoms with van der Waals surface area (Å²) >= 11 is 11.8. The van der Waals surface area contributed by atoms with Crippen LogP contribution < -0.4 is 10.6 Å². The third-order valence-electron chi connectivity index (χ3n) is 4.69. The molecule has 0 unspecified atom stereocenters. The second-order valence-electron chi connectivity index (χ2n) is 7.47. The van der Waals surface area contributed by atoms with Gasteiger partial charge in [0.1, 0.15) is 11.0 Å². The van der Waals surface area contributed by atoms with Gasteiger partial charge in [0.2, 0.25) is 11.9 Å². The fourth-order valence-corrected chi connectivity index (χ4v) is 3.33. The molecular formula is C23H16Cl2F4N8. The highest BCUT2D eigenvalue weighted by Gasteiger charge is 2.34. The molecule has 8 nitrogen and oxygen atoms in total. The first-order valence-electron chi connectivity index (χ1n) is 10.5. The van der Waals surface area contributed by atoms with Gasteiger partial charge in [-0.1, -0.05) is 41.4 Å². The third kappa shape index (κ3) is 7.54. The molecule has 0 aliphatic heterocycles. The minimum Gasteiger partial charge on any atom is -0.350 e. The highest BCUT2D eigenvalue weighted by atomic mass is 35.5. The van der Waals surface area contributed by atoms with Crippen LogP contribution in [-0.2, 0) is 19.3 Å². The van der Waals surface area contributed by atoms with Crippen LogP contribution in [0.3, 0.4) is 0 Å². The molecule has 0 amide bonds. The Balaban J connectivity index is 1.59. The van der Waals surface area contributed by atoms with Crippen molar-refractivity contribution in [2.24, 2.45) is 10.2 Å². The van der Waals surface area contributed by atoms with Gasteiger partial charge >= 0.3 is 6.18 Å². The molecule has 0 spiro atoms. The van der Waals surface area contributed by atoms with Gasteiger partial charge in [-0.2, -0.15) is 33.2 Å². The van der Waals surface area contributed by atoms with Crippen molar-refractivity contribution in [2.75, 3.05) is 10.6 Å². The van der Waals surface area contributed by atoms with Crippen molar-refractivity contribution >= 4 is 46.7 Å². The number of hydrogen-bond acceptors (Lipinski definition) is 8. The average Bonchev–Trinajstić information content (AvgIpc) is 2.84. The third-order valence-corrected chi connectivity index (χ3v) is 5.15. The topological polar surface area (TPSA) is 100 Å². The van der Waals surface area contributed by atoms with Crippen molar-refractivity contribution in [3.05, 3.63) is 93.5 Å². The first-order valence-corrected chi connectivity index (χ1v) is 11.3. The predicted molar refractivity (Wildman–Crippen MR) is 131 cm³/mol. The van der Waals surface area contributed by atoms with E-state index in [0.29, 0.717) is 22.3 Å². The monoisotopic (exact) mass is 550 g/mol. The zero-order valence-corrected chi connectivity index (χ0v) is 20.2. The smallest absolute Gasteiger partial charge is 0.350 e. The van der Waals surface area contributed by atoms with Crippen LogP contribution in [0.5, 0.6) is 0 Å². The molecule has 2 aromatic carbocycles. The number of nitrogens with one attached hydrogen (secondary N) is 2. The van der Waals surface area contributed by atoms with Gasteiger partial charge in [0.15, 0.2) is 0 Å². The van der Waals surface area contributed by atoms with Gasteiger partial charge in [0, 0.05) is 23.5 Å². The number of alkyl halides is 3. The first kappa shape index (κ1) is 26.2. The van der Waals surface area contributed by atoms with Crippen LogP contribution in [0.4, 0.5) is 41.1 Å². The zero-order valence-electron chi connectivity index (χ0n) is 18.6. The maximum Gasteiger partial charge on any atom is 0.419 e. The van der Waals surface area contributed by atoms with Gasteiger partial charge in [-0.05, 0) is 47.5 Å². The molecule has 4 rings (SSSR count). The van der Waals surface area contributed by atoms with Crippen molar-refractivity contribution in [1.82, 2.24) is 19.9 Å². The van der Waals surface area contributed by atoms with Crippen LogP contribution in [0.15, 0.2) is 71.0 Å². The van der Waals surface area contributed by atoms with Crippen LogP contribution in [-0.4, -0.2) is 19.9 Å². The summed E-state index contributed by atoms with van der Waals surface area (Å²) < 4.78 is 53.0. The molecule has 0 fully saturated rings. The minimum atomic E-state index is -4.88. The Hall–Kier alpha value is -3.90. The molecule has 0 saturated heterocycles. The number of pyridine rings is 1. The highest BCUT2D eigenvalue weighted by molar-refractivity contribution is 6.30. The molecule has 0 radical (unpaired) electrons. The summed E-state index contributed by atoms with van der Waals surface area (Å²) in [6, 6.07) is 12.8. The van der Waals surface area contributed by atoms with Crippen molar-refractivity contribution in [3.63, 3.8) is 0 Å². The van der Waals surface area contributed by atoms with Crippen molar-refractivity contribution < 1.29 is 17.6 Å².